The first-order valence-electron chi connectivity index (χ1n) is 6.40. The van der Waals surface area contributed by atoms with E-state index < -0.39 is 10.0 Å². The summed E-state index contributed by atoms with van der Waals surface area (Å²) in [5.74, 6) is 0.585. The van der Waals surface area contributed by atoms with Crippen LogP contribution < -0.4 is 4.72 Å². The van der Waals surface area contributed by atoms with Crippen LogP contribution in [-0.2, 0) is 21.4 Å². The second-order valence-corrected chi connectivity index (χ2v) is 6.70. The molecule has 0 aliphatic carbocycles. The van der Waals surface area contributed by atoms with E-state index in [1.807, 2.05) is 0 Å². The molecule has 2 heterocycles. The van der Waals surface area contributed by atoms with Gasteiger partial charge in [0.25, 0.3) is 0 Å². The van der Waals surface area contributed by atoms with Crippen molar-refractivity contribution in [1.29, 1.82) is 0 Å². The van der Waals surface area contributed by atoms with Gasteiger partial charge in [-0.3, -0.25) is 4.79 Å². The van der Waals surface area contributed by atoms with E-state index in [-0.39, 0.29) is 18.5 Å². The van der Waals surface area contributed by atoms with Gasteiger partial charge < -0.3 is 4.90 Å². The van der Waals surface area contributed by atoms with Crippen molar-refractivity contribution in [2.75, 3.05) is 12.8 Å². The molecule has 8 heteroatoms. The molecule has 20 heavy (non-hydrogen) atoms. The van der Waals surface area contributed by atoms with Gasteiger partial charge in [-0.05, 0) is 18.9 Å². The third kappa shape index (κ3) is 3.73. The number of hydrogen-bond acceptors (Lipinski definition) is 5. The molecule has 1 amide bonds. The molecule has 0 spiro atoms. The van der Waals surface area contributed by atoms with Crippen molar-refractivity contribution in [3.63, 3.8) is 0 Å². The Morgan fingerprint density at radius 2 is 2.30 bits per heavy atom. The molecule has 0 saturated carbocycles. The van der Waals surface area contributed by atoms with Gasteiger partial charge in [0.15, 0.2) is 5.82 Å². The van der Waals surface area contributed by atoms with Gasteiger partial charge in [0, 0.05) is 19.7 Å². The molecule has 0 bridgehead atoms. The van der Waals surface area contributed by atoms with Crippen LogP contribution in [0.1, 0.15) is 37.3 Å². The molecule has 110 valence electrons. The molecule has 1 fully saturated rings. The van der Waals surface area contributed by atoms with Crippen LogP contribution in [0.5, 0.6) is 0 Å². The molecule has 0 radical (unpaired) electrons. The number of likely N-dealkylation sites (tertiary alicyclic amines) is 1. The molecule has 0 aromatic carbocycles. The molecule has 0 unspecified atom stereocenters. The highest BCUT2D eigenvalue weighted by atomic mass is 32.2. The highest BCUT2D eigenvalue weighted by molar-refractivity contribution is 7.88. The number of sulfonamides is 1. The molecule has 2 rings (SSSR count). The minimum Gasteiger partial charge on any atom is -0.333 e. The highest BCUT2D eigenvalue weighted by Crippen LogP contribution is 2.29. The van der Waals surface area contributed by atoms with Crippen LogP contribution in [-0.4, -0.2) is 42.0 Å². The number of nitrogens with zero attached hydrogens (tertiary/aromatic N) is 3. The molecule has 1 aliphatic rings. The summed E-state index contributed by atoms with van der Waals surface area (Å²) in [7, 11) is -3.25. The van der Waals surface area contributed by atoms with Crippen molar-refractivity contribution < 1.29 is 13.2 Å². The first kappa shape index (κ1) is 14.9. The average molecular weight is 298 g/mol. The first-order chi connectivity index (χ1) is 9.37. The Balaban J connectivity index is 2.15. The number of carbonyl (C=O) groups excluding carboxylic acids is 1. The van der Waals surface area contributed by atoms with Crippen LogP contribution in [0, 0.1) is 0 Å². The van der Waals surface area contributed by atoms with Crippen LogP contribution in [0.25, 0.3) is 0 Å². The molecule has 1 aromatic heterocycles. The standard InChI is InChI=1S/C12H18N4O3S/c1-9(17)16-7-3-4-11(16)12-13-6-5-10(15-12)8-14-20(2,18)19/h5-6,11,14H,3-4,7-8H2,1-2H3/t11-/m0/s1. The average Bonchev–Trinajstić information content (AvgIpc) is 2.85. The number of aromatic nitrogens is 2. The lowest BCUT2D eigenvalue weighted by molar-refractivity contribution is -0.129. The van der Waals surface area contributed by atoms with Crippen molar-refractivity contribution in [3.8, 4) is 0 Å². The Labute approximate surface area is 118 Å². The summed E-state index contributed by atoms with van der Waals surface area (Å²) >= 11 is 0. The normalized spacial score (nSPS) is 19.3. The van der Waals surface area contributed by atoms with Gasteiger partial charge in [0.2, 0.25) is 15.9 Å². The predicted octanol–water partition coefficient (Wildman–Crippen LogP) is 0.209. The highest BCUT2D eigenvalue weighted by Gasteiger charge is 2.29. The Morgan fingerprint density at radius 1 is 1.55 bits per heavy atom. The van der Waals surface area contributed by atoms with E-state index >= 15 is 0 Å². The molecule has 1 N–H and O–H groups in total. The first-order valence-corrected chi connectivity index (χ1v) is 8.29. The SMILES string of the molecule is CC(=O)N1CCC[C@H]1c1nccc(CNS(C)(=O)=O)n1. The van der Waals surface area contributed by atoms with Crippen molar-refractivity contribution in [2.24, 2.45) is 0 Å². The van der Waals surface area contributed by atoms with Crippen molar-refractivity contribution >= 4 is 15.9 Å². The molecule has 1 atom stereocenters. The van der Waals surface area contributed by atoms with Crippen LogP contribution in [0.2, 0.25) is 0 Å². The Bertz CT molecular complexity index is 602. The van der Waals surface area contributed by atoms with E-state index in [0.717, 1.165) is 25.6 Å². The molecule has 1 aliphatic heterocycles. The third-order valence-corrected chi connectivity index (χ3v) is 3.87. The van der Waals surface area contributed by atoms with Gasteiger partial charge >= 0.3 is 0 Å². The summed E-state index contributed by atoms with van der Waals surface area (Å²) in [6.45, 7) is 2.38. The monoisotopic (exact) mass is 298 g/mol. The van der Waals surface area contributed by atoms with E-state index in [1.165, 1.54) is 6.92 Å². The topological polar surface area (TPSA) is 92.3 Å². The lowest BCUT2D eigenvalue weighted by Gasteiger charge is -2.22. The summed E-state index contributed by atoms with van der Waals surface area (Å²) in [5, 5.41) is 0. The second-order valence-electron chi connectivity index (χ2n) is 4.87. The molecule has 7 nitrogen and oxygen atoms in total. The van der Waals surface area contributed by atoms with Crippen LogP contribution in [0.15, 0.2) is 12.3 Å². The van der Waals surface area contributed by atoms with E-state index in [0.29, 0.717) is 11.5 Å². The number of rotatable bonds is 4. The third-order valence-electron chi connectivity index (χ3n) is 3.20. The van der Waals surface area contributed by atoms with E-state index in [1.54, 1.807) is 17.2 Å². The molecular weight excluding hydrogens is 280 g/mol. The molecule has 1 saturated heterocycles. The van der Waals surface area contributed by atoms with Gasteiger partial charge in [0.1, 0.15) is 0 Å². The van der Waals surface area contributed by atoms with E-state index in [4.69, 9.17) is 0 Å². The van der Waals surface area contributed by atoms with Crippen molar-refractivity contribution in [1.82, 2.24) is 19.6 Å². The second kappa shape index (κ2) is 5.84. The number of carbonyl (C=O) groups is 1. The van der Waals surface area contributed by atoms with Crippen LogP contribution >= 0.6 is 0 Å². The predicted molar refractivity (Wildman–Crippen MR) is 73.1 cm³/mol. The lowest BCUT2D eigenvalue weighted by atomic mass is 10.2. The number of amides is 1. The maximum atomic E-state index is 11.6. The van der Waals surface area contributed by atoms with Crippen molar-refractivity contribution in [3.05, 3.63) is 23.8 Å². The zero-order chi connectivity index (χ0) is 14.8. The van der Waals surface area contributed by atoms with Crippen LogP contribution in [0.4, 0.5) is 0 Å². The lowest BCUT2D eigenvalue weighted by Crippen LogP contribution is -2.29. The minimum absolute atomic E-state index is 0.00997. The van der Waals surface area contributed by atoms with Crippen LogP contribution in [0.3, 0.4) is 0 Å². The van der Waals surface area contributed by atoms with Gasteiger partial charge in [-0.15, -0.1) is 0 Å². The Kier molecular flexibility index (Phi) is 4.34. The summed E-state index contributed by atoms with van der Waals surface area (Å²) in [5.41, 5.74) is 0.593. The fraction of sp³-hybridized carbons (Fsp3) is 0.583. The van der Waals surface area contributed by atoms with Gasteiger partial charge in [-0.2, -0.15) is 0 Å². The largest absolute Gasteiger partial charge is 0.333 e. The molecule has 1 aromatic rings. The summed E-state index contributed by atoms with van der Waals surface area (Å²) in [4.78, 5) is 21.9. The number of nitrogens with one attached hydrogen (secondary N) is 1. The van der Waals surface area contributed by atoms with Gasteiger partial charge in [-0.1, -0.05) is 0 Å². The number of hydrogen-bond donors (Lipinski definition) is 1. The van der Waals surface area contributed by atoms with Gasteiger partial charge in [0.05, 0.1) is 24.5 Å². The maximum Gasteiger partial charge on any atom is 0.220 e. The summed E-state index contributed by atoms with van der Waals surface area (Å²) < 4.78 is 24.6. The minimum atomic E-state index is -3.25. The molecular formula is C12H18N4O3S. The van der Waals surface area contributed by atoms with E-state index in [9.17, 15) is 13.2 Å². The smallest absolute Gasteiger partial charge is 0.220 e. The zero-order valence-corrected chi connectivity index (χ0v) is 12.4. The maximum absolute atomic E-state index is 11.6. The van der Waals surface area contributed by atoms with Gasteiger partial charge in [-0.25, -0.2) is 23.1 Å². The van der Waals surface area contributed by atoms with E-state index in [2.05, 4.69) is 14.7 Å². The summed E-state index contributed by atoms with van der Waals surface area (Å²) in [6.07, 6.45) is 4.46. The Hall–Kier alpha value is -1.54. The quantitative estimate of drug-likeness (QED) is 0.858. The fourth-order valence-corrected chi connectivity index (χ4v) is 2.70. The van der Waals surface area contributed by atoms with Crippen molar-refractivity contribution in [2.45, 2.75) is 32.4 Å². The fourth-order valence-electron chi connectivity index (χ4n) is 2.29. The summed E-state index contributed by atoms with van der Waals surface area (Å²) in [6, 6.07) is 1.56. The Morgan fingerprint density at radius 3 is 2.95 bits per heavy atom. The zero-order valence-electron chi connectivity index (χ0n) is 11.5.